The van der Waals surface area contributed by atoms with E-state index in [-0.39, 0.29) is 21.8 Å². The van der Waals surface area contributed by atoms with Gasteiger partial charge in [0.2, 0.25) is 0 Å². The highest BCUT2D eigenvalue weighted by Gasteiger charge is 2.16. The fraction of sp³-hybridized carbons (Fsp3) is 0.304. The van der Waals surface area contributed by atoms with E-state index in [1.165, 1.54) is 24.3 Å². The van der Waals surface area contributed by atoms with Crippen LogP contribution in [0, 0.1) is 5.82 Å². The third-order valence-corrected chi connectivity index (χ3v) is 5.63. The molecule has 0 unspecified atom stereocenters. The van der Waals surface area contributed by atoms with Crippen LogP contribution in [-0.2, 0) is 22.5 Å². The monoisotopic (exact) mass is 457 g/mol. The Labute approximate surface area is 188 Å². The summed E-state index contributed by atoms with van der Waals surface area (Å²) >= 11 is 5.68. The maximum Gasteiger partial charge on any atom is 0.338 e. The number of carbonyl (C=O) groups excluding carboxylic acids is 2. The third kappa shape index (κ3) is 4.80. The Morgan fingerprint density at radius 3 is 2.75 bits per heavy atom. The first-order valence-corrected chi connectivity index (χ1v) is 10.8. The van der Waals surface area contributed by atoms with Gasteiger partial charge in [0.15, 0.2) is 6.61 Å². The van der Waals surface area contributed by atoms with E-state index in [0.29, 0.717) is 23.9 Å². The zero-order chi connectivity index (χ0) is 22.7. The summed E-state index contributed by atoms with van der Waals surface area (Å²) in [5.41, 5.74) is 0.799. The normalized spacial score (nSPS) is 13.7. The highest BCUT2D eigenvalue weighted by molar-refractivity contribution is 6.31. The predicted octanol–water partition coefficient (Wildman–Crippen LogP) is 4.10. The van der Waals surface area contributed by atoms with Crippen LogP contribution in [0.25, 0.3) is 10.9 Å². The van der Waals surface area contributed by atoms with Crippen molar-refractivity contribution in [3.8, 4) is 0 Å². The Hall–Kier alpha value is -3.26. The van der Waals surface area contributed by atoms with Crippen LogP contribution in [0.4, 0.5) is 10.1 Å². The molecule has 0 bridgehead atoms. The van der Waals surface area contributed by atoms with Gasteiger partial charge in [-0.15, -0.1) is 0 Å². The molecule has 1 aliphatic heterocycles. The molecule has 0 radical (unpaired) electrons. The number of nitrogens with zero attached hydrogens (tertiary/aromatic N) is 2. The van der Waals surface area contributed by atoms with Crippen LogP contribution in [0.1, 0.15) is 41.9 Å². The number of nitrogens with one attached hydrogen (secondary N) is 1. The van der Waals surface area contributed by atoms with Gasteiger partial charge in [0.1, 0.15) is 11.6 Å². The molecule has 0 saturated heterocycles. The number of halogens is 2. The van der Waals surface area contributed by atoms with Gasteiger partial charge in [-0.25, -0.2) is 14.2 Å². The minimum absolute atomic E-state index is 0.107. The van der Waals surface area contributed by atoms with E-state index in [2.05, 4.69) is 10.3 Å². The molecule has 0 spiro atoms. The summed E-state index contributed by atoms with van der Waals surface area (Å²) in [7, 11) is 0. The van der Waals surface area contributed by atoms with Gasteiger partial charge < -0.3 is 10.1 Å². The number of anilines is 1. The van der Waals surface area contributed by atoms with Crippen molar-refractivity contribution in [2.24, 2.45) is 0 Å². The smallest absolute Gasteiger partial charge is 0.338 e. The van der Waals surface area contributed by atoms with Crippen molar-refractivity contribution in [3.63, 3.8) is 0 Å². The van der Waals surface area contributed by atoms with Gasteiger partial charge >= 0.3 is 5.97 Å². The second-order valence-corrected chi connectivity index (χ2v) is 8.04. The summed E-state index contributed by atoms with van der Waals surface area (Å²) in [5.74, 6) is -1.19. The van der Waals surface area contributed by atoms with Crippen molar-refractivity contribution < 1.29 is 18.7 Å². The lowest BCUT2D eigenvalue weighted by molar-refractivity contribution is -0.119. The number of aromatic nitrogens is 2. The SMILES string of the molecule is O=C(COC(=O)c1ccc2c(=O)n3c(nc2c1)CCCCCC3)Nc1ccc(F)c(Cl)c1. The van der Waals surface area contributed by atoms with Crippen molar-refractivity contribution in [1.29, 1.82) is 0 Å². The van der Waals surface area contributed by atoms with Crippen molar-refractivity contribution >= 4 is 40.1 Å². The summed E-state index contributed by atoms with van der Waals surface area (Å²) in [6.45, 7) is 0.113. The number of esters is 1. The van der Waals surface area contributed by atoms with E-state index < -0.39 is 24.3 Å². The van der Waals surface area contributed by atoms with Gasteiger partial charge in [-0.2, -0.15) is 0 Å². The van der Waals surface area contributed by atoms with Crippen LogP contribution in [0.5, 0.6) is 0 Å². The topological polar surface area (TPSA) is 90.3 Å². The van der Waals surface area contributed by atoms with Gasteiger partial charge in [-0.05, 0) is 49.2 Å². The van der Waals surface area contributed by atoms with E-state index >= 15 is 0 Å². The minimum atomic E-state index is -0.715. The summed E-state index contributed by atoms with van der Waals surface area (Å²) in [4.78, 5) is 42.0. The van der Waals surface area contributed by atoms with Crippen molar-refractivity contribution in [1.82, 2.24) is 9.55 Å². The number of carbonyl (C=O) groups is 2. The quantitative estimate of drug-likeness (QED) is 0.596. The first-order chi connectivity index (χ1) is 15.4. The lowest BCUT2D eigenvalue weighted by Gasteiger charge is -2.16. The summed E-state index contributed by atoms with van der Waals surface area (Å²) in [6.07, 6.45) is 4.82. The first-order valence-electron chi connectivity index (χ1n) is 10.4. The average Bonchev–Trinajstić information content (AvgIpc) is 2.75. The first kappa shape index (κ1) is 22.0. The zero-order valence-electron chi connectivity index (χ0n) is 17.2. The van der Waals surface area contributed by atoms with Crippen molar-refractivity contribution in [2.45, 2.75) is 38.6 Å². The molecule has 1 aromatic heterocycles. The second kappa shape index (κ2) is 9.48. The molecule has 0 atom stereocenters. The fourth-order valence-corrected chi connectivity index (χ4v) is 3.89. The number of rotatable bonds is 4. The molecule has 0 aliphatic carbocycles. The number of fused-ring (bicyclic) bond motifs is 2. The number of hydrogen-bond donors (Lipinski definition) is 1. The number of ether oxygens (including phenoxy) is 1. The van der Waals surface area contributed by atoms with E-state index in [1.54, 1.807) is 10.6 Å². The Balaban J connectivity index is 1.47. The number of hydrogen-bond acceptors (Lipinski definition) is 5. The van der Waals surface area contributed by atoms with Crippen LogP contribution in [0.3, 0.4) is 0 Å². The van der Waals surface area contributed by atoms with E-state index in [1.807, 2.05) is 0 Å². The Kier molecular flexibility index (Phi) is 6.50. The molecule has 2 heterocycles. The largest absolute Gasteiger partial charge is 0.452 e. The van der Waals surface area contributed by atoms with Gasteiger partial charge in [0, 0.05) is 18.7 Å². The van der Waals surface area contributed by atoms with Gasteiger partial charge in [-0.1, -0.05) is 24.4 Å². The molecule has 9 heteroatoms. The molecule has 0 saturated carbocycles. The molecule has 0 fully saturated rings. The summed E-state index contributed by atoms with van der Waals surface area (Å²) in [5, 5.41) is 2.79. The lowest BCUT2D eigenvalue weighted by Crippen LogP contribution is -2.26. The minimum Gasteiger partial charge on any atom is -0.452 e. The number of amides is 1. The molecule has 1 N–H and O–H groups in total. The molecule has 3 aromatic rings. The van der Waals surface area contributed by atoms with Gasteiger partial charge in [-0.3, -0.25) is 14.2 Å². The number of aryl methyl sites for hydroxylation is 1. The lowest BCUT2D eigenvalue weighted by atomic mass is 10.1. The van der Waals surface area contributed by atoms with E-state index in [4.69, 9.17) is 16.3 Å². The van der Waals surface area contributed by atoms with Gasteiger partial charge in [0.25, 0.3) is 11.5 Å². The summed E-state index contributed by atoms with van der Waals surface area (Å²) in [6, 6.07) is 8.29. The molecule has 4 rings (SSSR count). The summed E-state index contributed by atoms with van der Waals surface area (Å²) < 4.78 is 20.0. The predicted molar refractivity (Wildman–Crippen MR) is 118 cm³/mol. The Morgan fingerprint density at radius 2 is 1.94 bits per heavy atom. The van der Waals surface area contributed by atoms with Crippen LogP contribution < -0.4 is 10.9 Å². The fourth-order valence-electron chi connectivity index (χ4n) is 3.71. The third-order valence-electron chi connectivity index (χ3n) is 5.34. The standard InChI is InChI=1S/C23H21ClFN3O4/c24-17-12-15(7-9-18(17)25)26-21(29)13-32-23(31)14-6-8-16-19(11-14)27-20-5-3-1-2-4-10-28(20)22(16)30/h6-9,11-12H,1-5,10,13H2,(H,26,29). The molecule has 7 nitrogen and oxygen atoms in total. The maximum atomic E-state index is 13.2. The van der Waals surface area contributed by atoms with Crippen LogP contribution in [-0.4, -0.2) is 28.0 Å². The Morgan fingerprint density at radius 1 is 1.12 bits per heavy atom. The van der Waals surface area contributed by atoms with Crippen LogP contribution in [0.15, 0.2) is 41.2 Å². The van der Waals surface area contributed by atoms with Crippen molar-refractivity contribution in [2.75, 3.05) is 11.9 Å². The van der Waals surface area contributed by atoms with E-state index in [9.17, 15) is 18.8 Å². The van der Waals surface area contributed by atoms with Gasteiger partial charge in [0.05, 0.1) is 21.5 Å². The number of benzene rings is 2. The highest BCUT2D eigenvalue weighted by Crippen LogP contribution is 2.20. The average molecular weight is 458 g/mol. The molecule has 1 aliphatic rings. The Bertz CT molecular complexity index is 1260. The van der Waals surface area contributed by atoms with Crippen molar-refractivity contribution in [3.05, 3.63) is 69.0 Å². The molecular weight excluding hydrogens is 437 g/mol. The van der Waals surface area contributed by atoms with E-state index in [0.717, 1.165) is 37.6 Å². The van der Waals surface area contributed by atoms with Crippen LogP contribution >= 0.6 is 11.6 Å². The second-order valence-electron chi connectivity index (χ2n) is 7.63. The molecular formula is C23H21ClFN3O4. The highest BCUT2D eigenvalue weighted by atomic mass is 35.5. The molecule has 2 aromatic carbocycles. The zero-order valence-corrected chi connectivity index (χ0v) is 18.0. The molecule has 1 amide bonds. The maximum absolute atomic E-state index is 13.2. The van der Waals surface area contributed by atoms with Crippen LogP contribution in [0.2, 0.25) is 5.02 Å². The molecule has 32 heavy (non-hydrogen) atoms. The molecule has 166 valence electrons.